The highest BCUT2D eigenvalue weighted by Gasteiger charge is 2.16. The Kier molecular flexibility index (Phi) is 5.71. The lowest BCUT2D eigenvalue weighted by Crippen LogP contribution is -2.28. The van der Waals surface area contributed by atoms with Crippen LogP contribution in [-0.4, -0.2) is 20.1 Å². The first-order valence-corrected chi connectivity index (χ1v) is 8.83. The van der Waals surface area contributed by atoms with E-state index in [1.165, 1.54) is 0 Å². The molecule has 0 radical (unpaired) electrons. The van der Waals surface area contributed by atoms with Gasteiger partial charge in [0.2, 0.25) is 10.0 Å². The Bertz CT molecular complexity index is 682. The Labute approximate surface area is 131 Å². The van der Waals surface area contributed by atoms with Gasteiger partial charge in [0.15, 0.2) is 0 Å². The molecule has 0 aliphatic carbocycles. The number of benzene rings is 2. The highest BCUT2D eigenvalue weighted by molar-refractivity contribution is 7.89. The number of nitrogens with one attached hydrogen (secondary N) is 1. The van der Waals surface area contributed by atoms with Gasteiger partial charge in [0.25, 0.3) is 0 Å². The topological polar surface area (TPSA) is 66.4 Å². The minimum Gasteiger partial charge on any atom is -0.387 e. The van der Waals surface area contributed by atoms with Crippen LogP contribution < -0.4 is 4.72 Å². The molecule has 2 N–H and O–H groups in total. The molecule has 0 heterocycles. The molecule has 0 amide bonds. The summed E-state index contributed by atoms with van der Waals surface area (Å²) in [5.74, 6) is 0. The van der Waals surface area contributed by atoms with Crippen molar-refractivity contribution in [3.8, 4) is 0 Å². The second kappa shape index (κ2) is 7.54. The standard InChI is InChI=1S/C17H21NO3S/c1-2-6-14-9-11-16(12-10-14)22(20,21)18-13-17(19)15-7-4-3-5-8-15/h3-5,7-12,17-19H,2,6,13H2,1H3. The van der Waals surface area contributed by atoms with Gasteiger partial charge in [0, 0.05) is 6.54 Å². The molecule has 0 aliphatic heterocycles. The van der Waals surface area contributed by atoms with E-state index >= 15 is 0 Å². The molecular weight excluding hydrogens is 298 g/mol. The van der Waals surface area contributed by atoms with Crippen molar-refractivity contribution in [2.24, 2.45) is 0 Å². The van der Waals surface area contributed by atoms with Crippen molar-refractivity contribution in [2.45, 2.75) is 30.8 Å². The van der Waals surface area contributed by atoms with Gasteiger partial charge in [-0.2, -0.15) is 0 Å². The molecule has 118 valence electrons. The van der Waals surface area contributed by atoms with Crippen molar-refractivity contribution >= 4 is 10.0 Å². The number of aliphatic hydroxyl groups is 1. The monoisotopic (exact) mass is 319 g/mol. The lowest BCUT2D eigenvalue weighted by molar-refractivity contribution is 0.182. The Morgan fingerprint density at radius 2 is 1.68 bits per heavy atom. The van der Waals surface area contributed by atoms with Crippen molar-refractivity contribution in [3.05, 3.63) is 65.7 Å². The van der Waals surface area contributed by atoms with E-state index in [2.05, 4.69) is 11.6 Å². The Morgan fingerprint density at radius 1 is 1.05 bits per heavy atom. The van der Waals surface area contributed by atoms with Crippen LogP contribution in [0.5, 0.6) is 0 Å². The Morgan fingerprint density at radius 3 is 2.27 bits per heavy atom. The summed E-state index contributed by atoms with van der Waals surface area (Å²) < 4.78 is 26.9. The van der Waals surface area contributed by atoms with E-state index in [4.69, 9.17) is 0 Å². The molecule has 4 nitrogen and oxygen atoms in total. The summed E-state index contributed by atoms with van der Waals surface area (Å²) in [6.45, 7) is 2.03. The van der Waals surface area contributed by atoms with Gasteiger partial charge in [0.1, 0.15) is 0 Å². The molecule has 0 aromatic heterocycles. The number of aliphatic hydroxyl groups excluding tert-OH is 1. The largest absolute Gasteiger partial charge is 0.387 e. The molecule has 1 atom stereocenters. The van der Waals surface area contributed by atoms with Crippen molar-refractivity contribution < 1.29 is 13.5 Å². The summed E-state index contributed by atoms with van der Waals surface area (Å²) in [5.41, 5.74) is 1.80. The highest BCUT2D eigenvalue weighted by atomic mass is 32.2. The quantitative estimate of drug-likeness (QED) is 0.824. The zero-order chi connectivity index (χ0) is 16.0. The van der Waals surface area contributed by atoms with Crippen molar-refractivity contribution in [3.63, 3.8) is 0 Å². The summed E-state index contributed by atoms with van der Waals surface area (Å²) >= 11 is 0. The van der Waals surface area contributed by atoms with Crippen LogP contribution in [0.4, 0.5) is 0 Å². The van der Waals surface area contributed by atoms with E-state index in [9.17, 15) is 13.5 Å². The van der Waals surface area contributed by atoms with Gasteiger partial charge in [-0.25, -0.2) is 13.1 Å². The van der Waals surface area contributed by atoms with E-state index in [0.29, 0.717) is 5.56 Å². The summed E-state index contributed by atoms with van der Waals surface area (Å²) in [7, 11) is -3.61. The average Bonchev–Trinajstić information content (AvgIpc) is 2.54. The fourth-order valence-corrected chi connectivity index (χ4v) is 3.23. The predicted molar refractivity (Wildman–Crippen MR) is 87.0 cm³/mol. The molecule has 5 heteroatoms. The number of hydrogen-bond donors (Lipinski definition) is 2. The fraction of sp³-hybridized carbons (Fsp3) is 0.294. The molecule has 1 unspecified atom stereocenters. The third-order valence-corrected chi connectivity index (χ3v) is 4.86. The minimum absolute atomic E-state index is 0.0525. The maximum absolute atomic E-state index is 12.2. The van der Waals surface area contributed by atoms with Crippen molar-refractivity contribution in [2.75, 3.05) is 6.54 Å². The second-order valence-corrected chi connectivity index (χ2v) is 6.94. The second-order valence-electron chi connectivity index (χ2n) is 5.17. The van der Waals surface area contributed by atoms with Gasteiger partial charge in [0.05, 0.1) is 11.0 Å². The molecule has 2 aromatic carbocycles. The molecule has 0 saturated carbocycles. The Hall–Kier alpha value is -1.69. The molecular formula is C17H21NO3S. The van der Waals surface area contributed by atoms with Crippen LogP contribution in [0.1, 0.15) is 30.6 Å². The van der Waals surface area contributed by atoms with Crippen LogP contribution in [0.25, 0.3) is 0 Å². The summed E-state index contributed by atoms with van der Waals surface area (Å²) in [6.07, 6.45) is 1.09. The van der Waals surface area contributed by atoms with Crippen LogP contribution in [-0.2, 0) is 16.4 Å². The minimum atomic E-state index is -3.61. The molecule has 0 saturated heterocycles. The first-order valence-electron chi connectivity index (χ1n) is 7.34. The maximum atomic E-state index is 12.2. The van der Waals surface area contributed by atoms with Crippen LogP contribution in [0, 0.1) is 0 Å². The molecule has 0 aliphatic rings. The van der Waals surface area contributed by atoms with E-state index < -0.39 is 16.1 Å². The predicted octanol–water partition coefficient (Wildman–Crippen LogP) is 2.65. The SMILES string of the molecule is CCCc1ccc(S(=O)(=O)NCC(O)c2ccccc2)cc1. The van der Waals surface area contributed by atoms with Crippen LogP contribution in [0.2, 0.25) is 0 Å². The number of aryl methyl sites for hydroxylation is 1. The van der Waals surface area contributed by atoms with Gasteiger partial charge >= 0.3 is 0 Å². The molecule has 0 bridgehead atoms. The van der Waals surface area contributed by atoms with E-state index in [-0.39, 0.29) is 11.4 Å². The molecule has 0 spiro atoms. The maximum Gasteiger partial charge on any atom is 0.240 e. The molecule has 2 rings (SSSR count). The zero-order valence-corrected chi connectivity index (χ0v) is 13.4. The normalized spacial score (nSPS) is 13.0. The first kappa shape index (κ1) is 16.7. The van der Waals surface area contributed by atoms with Crippen LogP contribution in [0.15, 0.2) is 59.5 Å². The zero-order valence-electron chi connectivity index (χ0n) is 12.6. The number of rotatable bonds is 7. The number of sulfonamides is 1. The average molecular weight is 319 g/mol. The lowest BCUT2D eigenvalue weighted by atomic mass is 10.1. The summed E-state index contributed by atoms with van der Waals surface area (Å²) in [6, 6.07) is 15.8. The third-order valence-electron chi connectivity index (χ3n) is 3.42. The van der Waals surface area contributed by atoms with E-state index in [1.54, 1.807) is 36.4 Å². The van der Waals surface area contributed by atoms with Crippen LogP contribution >= 0.6 is 0 Å². The molecule has 0 fully saturated rings. The van der Waals surface area contributed by atoms with Crippen LogP contribution in [0.3, 0.4) is 0 Å². The summed E-state index contributed by atoms with van der Waals surface area (Å²) in [4.78, 5) is 0.215. The fourth-order valence-electron chi connectivity index (χ4n) is 2.19. The van der Waals surface area contributed by atoms with Gasteiger partial charge in [-0.15, -0.1) is 0 Å². The number of hydrogen-bond acceptors (Lipinski definition) is 3. The Balaban J connectivity index is 2.01. The van der Waals surface area contributed by atoms with E-state index in [0.717, 1.165) is 18.4 Å². The smallest absolute Gasteiger partial charge is 0.240 e. The van der Waals surface area contributed by atoms with Crippen molar-refractivity contribution in [1.29, 1.82) is 0 Å². The van der Waals surface area contributed by atoms with E-state index in [1.807, 2.05) is 18.2 Å². The van der Waals surface area contributed by atoms with Gasteiger partial charge in [-0.05, 0) is 29.7 Å². The third kappa shape index (κ3) is 4.40. The first-order chi connectivity index (χ1) is 10.5. The van der Waals surface area contributed by atoms with Gasteiger partial charge in [-0.3, -0.25) is 0 Å². The lowest BCUT2D eigenvalue weighted by Gasteiger charge is -2.13. The molecule has 22 heavy (non-hydrogen) atoms. The van der Waals surface area contributed by atoms with Crippen molar-refractivity contribution in [1.82, 2.24) is 4.72 Å². The highest BCUT2D eigenvalue weighted by Crippen LogP contribution is 2.14. The van der Waals surface area contributed by atoms with Gasteiger partial charge in [-0.1, -0.05) is 55.8 Å². The molecule has 2 aromatic rings. The van der Waals surface area contributed by atoms with Gasteiger partial charge < -0.3 is 5.11 Å². The summed E-state index contributed by atoms with van der Waals surface area (Å²) in [5, 5.41) is 10.0.